The fraction of sp³-hybridized carbons (Fsp3) is 0.800. The number of allylic oxidation sites excluding steroid dienone is 1. The average Bonchev–Trinajstić information content (AvgIpc) is 2.40. The van der Waals surface area contributed by atoms with Crippen molar-refractivity contribution in [1.29, 1.82) is 0 Å². The van der Waals surface area contributed by atoms with Crippen LogP contribution >= 0.6 is 0 Å². The van der Waals surface area contributed by atoms with Crippen molar-refractivity contribution in [3.63, 3.8) is 0 Å². The quantitative estimate of drug-likeness (QED) is 0.525. The summed E-state index contributed by atoms with van der Waals surface area (Å²) in [6.07, 6.45) is 9.00. The van der Waals surface area contributed by atoms with Gasteiger partial charge in [0.15, 0.2) is 0 Å². The third-order valence-electron chi connectivity index (χ3n) is 3.18. The van der Waals surface area contributed by atoms with E-state index in [-0.39, 0.29) is 0 Å². The molecular weight excluding hydrogens is 136 g/mol. The minimum atomic E-state index is 0.883. The zero-order valence-corrected chi connectivity index (χ0v) is 7.18. The van der Waals surface area contributed by atoms with Crippen molar-refractivity contribution in [3.8, 4) is 0 Å². The van der Waals surface area contributed by atoms with Crippen molar-refractivity contribution in [3.05, 3.63) is 11.8 Å². The molecule has 2 bridgehead atoms. The van der Waals surface area contributed by atoms with Crippen molar-refractivity contribution in [1.82, 2.24) is 0 Å². The number of hydrogen-bond donors (Lipinski definition) is 0. The molecule has 0 amide bonds. The van der Waals surface area contributed by atoms with E-state index in [9.17, 15) is 0 Å². The largest absolute Gasteiger partial charge is 0.504 e. The highest BCUT2D eigenvalue weighted by Crippen LogP contribution is 2.44. The highest BCUT2D eigenvalue weighted by atomic mass is 16.5. The predicted octanol–water partition coefficient (Wildman–Crippen LogP) is 2.73. The molecule has 2 aliphatic carbocycles. The molecule has 62 valence electrons. The Bertz CT molecular complexity index is 172. The first-order valence-corrected chi connectivity index (χ1v) is 4.62. The van der Waals surface area contributed by atoms with Crippen molar-refractivity contribution >= 4 is 0 Å². The van der Waals surface area contributed by atoms with Gasteiger partial charge in [-0.25, -0.2) is 0 Å². The molecule has 0 aromatic rings. The van der Waals surface area contributed by atoms with E-state index in [4.69, 9.17) is 4.74 Å². The molecular formula is C10H16O. The zero-order chi connectivity index (χ0) is 7.68. The maximum Gasteiger partial charge on any atom is 0.0819 e. The Morgan fingerprint density at radius 1 is 1.36 bits per heavy atom. The summed E-state index contributed by atoms with van der Waals surface area (Å²) >= 11 is 0. The molecule has 1 nitrogen and oxygen atoms in total. The van der Waals surface area contributed by atoms with Crippen LogP contribution in [0.15, 0.2) is 11.8 Å². The predicted molar refractivity (Wildman–Crippen MR) is 45.2 cm³/mol. The van der Waals surface area contributed by atoms with Crippen LogP contribution in [-0.2, 0) is 4.74 Å². The van der Waals surface area contributed by atoms with Gasteiger partial charge in [0.2, 0.25) is 0 Å². The Kier molecular flexibility index (Phi) is 1.89. The lowest BCUT2D eigenvalue weighted by Crippen LogP contribution is -2.08. The van der Waals surface area contributed by atoms with E-state index in [0.717, 1.165) is 11.8 Å². The smallest absolute Gasteiger partial charge is 0.0819 e. The summed E-state index contributed by atoms with van der Waals surface area (Å²) in [6, 6.07) is 0. The van der Waals surface area contributed by atoms with Crippen LogP contribution < -0.4 is 0 Å². The molecule has 11 heavy (non-hydrogen) atoms. The van der Waals surface area contributed by atoms with E-state index >= 15 is 0 Å². The maximum absolute atomic E-state index is 5.07. The summed E-state index contributed by atoms with van der Waals surface area (Å²) in [5.41, 5.74) is 1.57. The van der Waals surface area contributed by atoms with Gasteiger partial charge >= 0.3 is 0 Å². The van der Waals surface area contributed by atoms with E-state index in [2.05, 4.69) is 0 Å². The van der Waals surface area contributed by atoms with Crippen molar-refractivity contribution < 1.29 is 4.74 Å². The van der Waals surface area contributed by atoms with Gasteiger partial charge in [0.25, 0.3) is 0 Å². The average molecular weight is 152 g/mol. The van der Waals surface area contributed by atoms with Gasteiger partial charge in [0, 0.05) is 0 Å². The summed E-state index contributed by atoms with van der Waals surface area (Å²) < 4.78 is 5.07. The highest BCUT2D eigenvalue weighted by Gasteiger charge is 2.31. The topological polar surface area (TPSA) is 9.23 Å². The van der Waals surface area contributed by atoms with Gasteiger partial charge in [0.05, 0.1) is 13.4 Å². The van der Waals surface area contributed by atoms with Gasteiger partial charge in [-0.1, -0.05) is 0 Å². The molecule has 2 aliphatic rings. The van der Waals surface area contributed by atoms with E-state index in [1.165, 1.54) is 32.1 Å². The first-order chi connectivity index (χ1) is 5.40. The molecule has 0 N–H and O–H groups in total. The van der Waals surface area contributed by atoms with E-state index in [1.54, 1.807) is 12.7 Å². The van der Waals surface area contributed by atoms with Crippen LogP contribution in [0.2, 0.25) is 0 Å². The van der Waals surface area contributed by atoms with Gasteiger partial charge < -0.3 is 4.74 Å². The van der Waals surface area contributed by atoms with Gasteiger partial charge in [0.1, 0.15) is 0 Å². The van der Waals surface area contributed by atoms with Gasteiger partial charge in [-0.15, -0.1) is 0 Å². The van der Waals surface area contributed by atoms with E-state index < -0.39 is 0 Å². The standard InChI is InChI=1S/C10H16O/c1-11-7-10-5-3-8-2-4-9(10)6-8/h7-9H,2-6H2,1H3. The van der Waals surface area contributed by atoms with Gasteiger partial charge in [-0.05, 0) is 49.5 Å². The molecule has 2 fully saturated rings. The van der Waals surface area contributed by atoms with Crippen LogP contribution in [0.5, 0.6) is 0 Å². The maximum atomic E-state index is 5.07. The SMILES string of the molecule is COC=C1CCC2CCC1C2. The van der Waals surface area contributed by atoms with E-state index in [1.807, 2.05) is 6.26 Å². The number of fused-ring (bicyclic) bond motifs is 2. The zero-order valence-electron chi connectivity index (χ0n) is 7.18. The Morgan fingerprint density at radius 3 is 3.09 bits per heavy atom. The molecule has 0 spiro atoms. The summed E-state index contributed by atoms with van der Waals surface area (Å²) in [5, 5.41) is 0. The fourth-order valence-electron chi connectivity index (χ4n) is 2.56. The van der Waals surface area contributed by atoms with Crippen molar-refractivity contribution in [2.24, 2.45) is 11.8 Å². The molecule has 1 heteroatoms. The molecule has 2 atom stereocenters. The highest BCUT2D eigenvalue weighted by molar-refractivity contribution is 5.10. The number of methoxy groups -OCH3 is 1. The summed E-state index contributed by atoms with van der Waals surface area (Å²) in [7, 11) is 1.76. The molecule has 0 aliphatic heterocycles. The normalized spacial score (nSPS) is 39.5. The minimum Gasteiger partial charge on any atom is -0.504 e. The molecule has 0 saturated heterocycles. The molecule has 2 rings (SSSR count). The first kappa shape index (κ1) is 7.20. The van der Waals surface area contributed by atoms with Gasteiger partial charge in [-0.3, -0.25) is 0 Å². The lowest BCUT2D eigenvalue weighted by molar-refractivity contribution is 0.318. The molecule has 0 radical (unpaired) electrons. The van der Waals surface area contributed by atoms with Crippen LogP contribution in [0, 0.1) is 11.8 Å². The molecule has 0 aromatic carbocycles. The minimum absolute atomic E-state index is 0.883. The molecule has 0 aromatic heterocycles. The van der Waals surface area contributed by atoms with Crippen LogP contribution in [-0.4, -0.2) is 7.11 Å². The van der Waals surface area contributed by atoms with Crippen LogP contribution in [0.4, 0.5) is 0 Å². The Balaban J connectivity index is 2.07. The summed E-state index contributed by atoms with van der Waals surface area (Å²) in [4.78, 5) is 0. The van der Waals surface area contributed by atoms with Crippen molar-refractivity contribution in [2.45, 2.75) is 32.1 Å². The second-order valence-electron chi connectivity index (χ2n) is 3.84. The van der Waals surface area contributed by atoms with Gasteiger partial charge in [-0.2, -0.15) is 0 Å². The Hall–Kier alpha value is -0.460. The number of hydrogen-bond acceptors (Lipinski definition) is 1. The summed E-state index contributed by atoms with van der Waals surface area (Å²) in [6.45, 7) is 0. The Morgan fingerprint density at radius 2 is 2.27 bits per heavy atom. The molecule has 0 heterocycles. The number of rotatable bonds is 1. The second-order valence-corrected chi connectivity index (χ2v) is 3.84. The summed E-state index contributed by atoms with van der Waals surface area (Å²) in [5.74, 6) is 1.93. The third-order valence-corrected chi connectivity index (χ3v) is 3.18. The van der Waals surface area contributed by atoms with Crippen molar-refractivity contribution in [2.75, 3.05) is 7.11 Å². The lowest BCUT2D eigenvalue weighted by atomic mass is 9.85. The second kappa shape index (κ2) is 2.88. The number of ether oxygens (including phenoxy) is 1. The first-order valence-electron chi connectivity index (χ1n) is 4.62. The third kappa shape index (κ3) is 1.29. The lowest BCUT2D eigenvalue weighted by Gasteiger charge is -2.21. The van der Waals surface area contributed by atoms with E-state index in [0.29, 0.717) is 0 Å². The van der Waals surface area contributed by atoms with Crippen LogP contribution in [0.25, 0.3) is 0 Å². The Labute approximate surface area is 68.4 Å². The monoisotopic (exact) mass is 152 g/mol. The molecule has 2 unspecified atom stereocenters. The van der Waals surface area contributed by atoms with Crippen LogP contribution in [0.3, 0.4) is 0 Å². The fourth-order valence-corrected chi connectivity index (χ4v) is 2.56. The van der Waals surface area contributed by atoms with Crippen LogP contribution in [0.1, 0.15) is 32.1 Å². The molecule has 2 saturated carbocycles.